The number of rotatable bonds is 5. The Morgan fingerprint density at radius 3 is 2.64 bits per heavy atom. The number of anilines is 1. The van der Waals surface area contributed by atoms with Crippen molar-refractivity contribution in [3.8, 4) is 0 Å². The zero-order valence-corrected chi connectivity index (χ0v) is 21.3. The van der Waals surface area contributed by atoms with Crippen molar-refractivity contribution in [3.05, 3.63) is 48.5 Å². The molecular weight excluding hydrogens is 475 g/mol. The normalized spacial score (nSPS) is 28.3. The highest BCUT2D eigenvalue weighted by Crippen LogP contribution is 2.73. The summed E-state index contributed by atoms with van der Waals surface area (Å²) in [6.45, 7) is 8.27. The summed E-state index contributed by atoms with van der Waals surface area (Å²) in [5, 5.41) is 4.21. The third kappa shape index (κ3) is 4.77. The van der Waals surface area contributed by atoms with Crippen molar-refractivity contribution in [2.45, 2.75) is 50.0 Å². The van der Waals surface area contributed by atoms with Crippen LogP contribution in [0.4, 0.5) is 5.82 Å². The van der Waals surface area contributed by atoms with E-state index in [-0.39, 0.29) is 24.7 Å². The molecule has 2 saturated heterocycles. The van der Waals surface area contributed by atoms with Gasteiger partial charge in [-0.1, -0.05) is 39.0 Å². The minimum absolute atomic E-state index is 0.162. The van der Waals surface area contributed by atoms with E-state index in [1.807, 2.05) is 22.8 Å². The fourth-order valence-corrected chi connectivity index (χ4v) is 13.9. The first-order valence-electron chi connectivity index (χ1n) is 11.1. The Morgan fingerprint density at radius 2 is 1.91 bits per heavy atom. The van der Waals surface area contributed by atoms with E-state index >= 15 is 0 Å². The summed E-state index contributed by atoms with van der Waals surface area (Å²) >= 11 is 4.21. The Morgan fingerprint density at radius 1 is 1.15 bits per heavy atom. The largest absolute Gasteiger partial charge is 0.352 e. The lowest BCUT2D eigenvalue weighted by atomic mass is 10.2. The molecule has 11 heteroatoms. The zero-order chi connectivity index (χ0) is 22.9. The zero-order valence-electron chi connectivity index (χ0n) is 18.8. The van der Waals surface area contributed by atoms with Crippen LogP contribution in [-0.4, -0.2) is 59.8 Å². The molecule has 2 aromatic heterocycles. The smallest absolute Gasteiger partial charge is 0.256 e. The van der Waals surface area contributed by atoms with E-state index in [1.54, 1.807) is 18.5 Å². The average Bonchev–Trinajstić information content (AvgIpc) is 3.43. The highest BCUT2D eigenvalue weighted by atomic mass is 33.1. The SMILES string of the molecule is CC[C@@H]1CN(P2SC(C)C(C)S2)C[C@H](n2cnc3c(NC(=O)c4ccccc4)ncnc32)O1. The number of imidazole rings is 1. The van der Waals surface area contributed by atoms with Crippen molar-refractivity contribution in [3.63, 3.8) is 0 Å². The van der Waals surface area contributed by atoms with Crippen molar-refractivity contribution in [1.82, 2.24) is 24.2 Å². The van der Waals surface area contributed by atoms with Gasteiger partial charge >= 0.3 is 0 Å². The quantitative estimate of drug-likeness (QED) is 0.478. The summed E-state index contributed by atoms with van der Waals surface area (Å²) in [6.07, 6.45) is 4.16. The van der Waals surface area contributed by atoms with Crippen LogP contribution in [0, 0.1) is 0 Å². The first-order chi connectivity index (χ1) is 16.0. The molecule has 1 N–H and O–H groups in total. The highest BCUT2D eigenvalue weighted by Gasteiger charge is 2.39. The van der Waals surface area contributed by atoms with Crippen molar-refractivity contribution < 1.29 is 9.53 Å². The van der Waals surface area contributed by atoms with E-state index in [9.17, 15) is 4.79 Å². The predicted octanol–water partition coefficient (Wildman–Crippen LogP) is 5.17. The van der Waals surface area contributed by atoms with Crippen LogP contribution < -0.4 is 5.32 Å². The summed E-state index contributed by atoms with van der Waals surface area (Å²) in [4.78, 5) is 26.0. The number of nitrogens with zero attached hydrogens (tertiary/aromatic N) is 5. The maximum Gasteiger partial charge on any atom is 0.256 e. The van der Waals surface area contributed by atoms with Gasteiger partial charge in [0.15, 0.2) is 17.0 Å². The Balaban J connectivity index is 1.40. The molecule has 4 heterocycles. The topological polar surface area (TPSA) is 85.2 Å². The molecule has 2 unspecified atom stereocenters. The Bertz CT molecular complexity index is 1120. The van der Waals surface area contributed by atoms with E-state index in [1.165, 1.54) is 6.33 Å². The number of carbonyl (C=O) groups is 1. The number of hydrogen-bond donors (Lipinski definition) is 1. The van der Waals surface area contributed by atoms with Crippen LogP contribution in [0.3, 0.4) is 0 Å². The maximum atomic E-state index is 12.7. The fourth-order valence-electron chi connectivity index (χ4n) is 3.85. The van der Waals surface area contributed by atoms with Gasteiger partial charge in [-0.3, -0.25) is 14.0 Å². The maximum absolute atomic E-state index is 12.7. The number of morpholine rings is 1. The van der Waals surface area contributed by atoms with Gasteiger partial charge in [0.05, 0.1) is 18.9 Å². The molecule has 174 valence electrons. The van der Waals surface area contributed by atoms with Crippen LogP contribution >= 0.6 is 29.2 Å². The third-order valence-corrected chi connectivity index (χ3v) is 14.7. The minimum atomic E-state index is -0.301. The van der Waals surface area contributed by atoms with Crippen molar-refractivity contribution >= 4 is 52.1 Å². The lowest BCUT2D eigenvalue weighted by Crippen LogP contribution is -2.42. The van der Waals surface area contributed by atoms with Crippen LogP contribution in [0.15, 0.2) is 43.0 Å². The van der Waals surface area contributed by atoms with Crippen LogP contribution in [0.1, 0.15) is 43.8 Å². The number of hydrogen-bond acceptors (Lipinski definition) is 8. The lowest BCUT2D eigenvalue weighted by molar-refractivity contribution is -0.0983. The number of amides is 1. The van der Waals surface area contributed by atoms with Crippen molar-refractivity contribution in [1.29, 1.82) is 0 Å². The number of fused-ring (bicyclic) bond motifs is 1. The molecule has 2 aliphatic rings. The van der Waals surface area contributed by atoms with Crippen LogP contribution in [-0.2, 0) is 4.74 Å². The molecule has 0 aliphatic carbocycles. The van der Waals surface area contributed by atoms with Gasteiger partial charge in [-0.25, -0.2) is 15.0 Å². The van der Waals surface area contributed by atoms with Crippen LogP contribution in [0.25, 0.3) is 11.2 Å². The number of carbonyl (C=O) groups excluding carboxylic acids is 1. The average molecular weight is 503 g/mol. The summed E-state index contributed by atoms with van der Waals surface area (Å²) < 4.78 is 11.0. The van der Waals surface area contributed by atoms with Gasteiger partial charge < -0.3 is 10.1 Å². The standard InChI is InChI=1S/C22H27N6O2PS2/c1-4-17-10-27(31-32-14(2)15(3)33-31)11-18(30-17)28-13-25-19-20(23-12-24-21(19)28)26-22(29)16-8-6-5-7-9-16/h5-9,12-15,17-18H,4,10-11H2,1-3H3,(H,23,24,26,29)/t14?,15?,17-,18-,31?/m1/s1. The monoisotopic (exact) mass is 502 g/mol. The molecule has 0 saturated carbocycles. The van der Waals surface area contributed by atoms with E-state index in [4.69, 9.17) is 4.74 Å². The Kier molecular flexibility index (Phi) is 6.90. The van der Waals surface area contributed by atoms with Gasteiger partial charge in [-0.2, -0.15) is 0 Å². The van der Waals surface area contributed by atoms with E-state index in [0.29, 0.717) is 33.0 Å². The first kappa shape index (κ1) is 23.1. The molecule has 2 fully saturated rings. The molecule has 5 rings (SSSR count). The summed E-state index contributed by atoms with van der Waals surface area (Å²) in [5.41, 5.74) is 1.79. The van der Waals surface area contributed by atoms with Gasteiger partial charge in [-0.05, 0) is 18.6 Å². The van der Waals surface area contributed by atoms with Gasteiger partial charge in [0.1, 0.15) is 12.6 Å². The van der Waals surface area contributed by atoms with E-state index < -0.39 is 0 Å². The molecule has 2 aliphatic heterocycles. The van der Waals surface area contributed by atoms with Crippen LogP contribution in [0.2, 0.25) is 0 Å². The molecule has 0 bridgehead atoms. The first-order valence-corrected chi connectivity index (χ1v) is 15.4. The summed E-state index contributed by atoms with van der Waals surface area (Å²) in [5.74, 6) is 0.179. The molecule has 1 amide bonds. The van der Waals surface area contributed by atoms with Gasteiger partial charge in [0.2, 0.25) is 0 Å². The van der Waals surface area contributed by atoms with Crippen molar-refractivity contribution in [2.75, 3.05) is 18.4 Å². The molecule has 0 spiro atoms. The molecule has 3 aromatic rings. The number of nitrogens with one attached hydrogen (secondary N) is 1. The molecule has 1 aromatic carbocycles. The number of aromatic nitrogens is 4. The molecule has 0 radical (unpaired) electrons. The summed E-state index contributed by atoms with van der Waals surface area (Å²) in [7, 11) is 0. The second kappa shape index (κ2) is 9.88. The van der Waals surface area contributed by atoms with E-state index in [2.05, 4.69) is 68.5 Å². The van der Waals surface area contributed by atoms with Crippen molar-refractivity contribution in [2.24, 2.45) is 0 Å². The molecule has 8 nitrogen and oxygen atoms in total. The Labute approximate surface area is 202 Å². The third-order valence-electron chi connectivity index (χ3n) is 5.93. The lowest BCUT2D eigenvalue weighted by Gasteiger charge is -2.40. The predicted molar refractivity (Wildman–Crippen MR) is 137 cm³/mol. The Hall–Kier alpha value is -1.71. The van der Waals surface area contributed by atoms with Gasteiger partial charge in [0.25, 0.3) is 5.91 Å². The van der Waals surface area contributed by atoms with Crippen LogP contribution in [0.5, 0.6) is 0 Å². The molecule has 33 heavy (non-hydrogen) atoms. The van der Waals surface area contributed by atoms with E-state index in [0.717, 1.165) is 19.5 Å². The number of ether oxygens (including phenoxy) is 1. The summed E-state index contributed by atoms with van der Waals surface area (Å²) in [6, 6.07) is 9.08. The molecular formula is C22H27N6O2PS2. The fraction of sp³-hybridized carbons (Fsp3) is 0.455. The van der Waals surface area contributed by atoms with Gasteiger partial charge in [0, 0.05) is 29.2 Å². The minimum Gasteiger partial charge on any atom is -0.352 e. The second-order valence-corrected chi connectivity index (χ2v) is 15.2. The number of benzene rings is 1. The van der Waals surface area contributed by atoms with Gasteiger partial charge in [-0.15, -0.1) is 22.8 Å². The molecule has 4 atom stereocenters. The highest BCUT2D eigenvalue weighted by molar-refractivity contribution is 8.89. The second-order valence-electron chi connectivity index (χ2n) is 8.22.